The lowest BCUT2D eigenvalue weighted by Crippen LogP contribution is -2.21. The number of aromatic nitrogens is 3. The molecule has 0 unspecified atom stereocenters. The van der Waals surface area contributed by atoms with Gasteiger partial charge in [-0.2, -0.15) is 18.3 Å². The molecule has 0 amide bonds. The third-order valence-electron chi connectivity index (χ3n) is 5.79. The molecule has 2 bridgehead atoms. The van der Waals surface area contributed by atoms with Crippen molar-refractivity contribution in [1.82, 2.24) is 14.8 Å². The Balaban J connectivity index is 1.54. The van der Waals surface area contributed by atoms with Crippen LogP contribution in [0.5, 0.6) is 5.75 Å². The maximum Gasteiger partial charge on any atom is 0.416 e. The fourth-order valence-corrected chi connectivity index (χ4v) is 4.45. The van der Waals surface area contributed by atoms with Gasteiger partial charge in [0.2, 0.25) is 0 Å². The lowest BCUT2D eigenvalue weighted by molar-refractivity contribution is -0.137. The van der Waals surface area contributed by atoms with E-state index < -0.39 is 17.5 Å². The van der Waals surface area contributed by atoms with Crippen LogP contribution in [0.2, 0.25) is 0 Å². The van der Waals surface area contributed by atoms with Crippen LogP contribution in [-0.2, 0) is 10.9 Å². The summed E-state index contributed by atoms with van der Waals surface area (Å²) in [6, 6.07) is 5.59. The molecule has 2 aromatic heterocycles. The predicted octanol–water partition coefficient (Wildman–Crippen LogP) is 4.48. The normalized spacial score (nSPS) is 24.4. The van der Waals surface area contributed by atoms with Gasteiger partial charge in [-0.3, -0.25) is 4.68 Å². The molecule has 1 saturated carbocycles. The van der Waals surface area contributed by atoms with Crippen LogP contribution < -0.4 is 0 Å². The van der Waals surface area contributed by atoms with Gasteiger partial charge in [0.05, 0.1) is 30.0 Å². The van der Waals surface area contributed by atoms with Crippen LogP contribution in [0.3, 0.4) is 0 Å². The number of phenolic OH excluding ortho intramolecular Hbond substituents is 1. The number of fused-ring (bicyclic) bond motifs is 3. The summed E-state index contributed by atoms with van der Waals surface area (Å²) < 4.78 is 46.5. The van der Waals surface area contributed by atoms with E-state index in [9.17, 15) is 18.3 Å². The fourth-order valence-electron chi connectivity index (χ4n) is 4.45. The number of benzene rings is 1. The average molecular weight is 389 g/mol. The number of hydrogen-bond acceptors (Lipinski definition) is 4. The summed E-state index contributed by atoms with van der Waals surface area (Å²) in [5.41, 5.74) is 0.634. The SMILES string of the molecule is Cc1cc(C(F)(F)F)cc(O)c1-c1ccc2cn([C@@H]3C[C@@H]4C[C@H]3CO4)nc2n1. The Bertz CT molecular complexity index is 1050. The highest BCUT2D eigenvalue weighted by Crippen LogP contribution is 2.43. The fraction of sp³-hybridized carbons (Fsp3) is 0.400. The Morgan fingerprint density at radius 3 is 2.68 bits per heavy atom. The quantitative estimate of drug-likeness (QED) is 0.702. The van der Waals surface area contributed by atoms with Gasteiger partial charge in [0.25, 0.3) is 0 Å². The lowest BCUT2D eigenvalue weighted by atomic mass is 10.00. The number of hydrogen-bond donors (Lipinski definition) is 1. The van der Waals surface area contributed by atoms with Gasteiger partial charge in [-0.15, -0.1) is 0 Å². The molecule has 1 aromatic carbocycles. The molecule has 146 valence electrons. The molecule has 1 saturated heterocycles. The van der Waals surface area contributed by atoms with Crippen LogP contribution in [-0.4, -0.2) is 32.6 Å². The minimum Gasteiger partial charge on any atom is -0.507 e. The molecule has 28 heavy (non-hydrogen) atoms. The van der Waals surface area contributed by atoms with Gasteiger partial charge in [0, 0.05) is 23.1 Å². The number of phenols is 1. The van der Waals surface area contributed by atoms with E-state index in [0.29, 0.717) is 28.9 Å². The molecule has 1 N–H and O–H groups in total. The summed E-state index contributed by atoms with van der Waals surface area (Å²) in [7, 11) is 0. The molecule has 0 radical (unpaired) electrons. The van der Waals surface area contributed by atoms with Crippen LogP contribution in [0.4, 0.5) is 13.2 Å². The van der Waals surface area contributed by atoms with Crippen molar-refractivity contribution in [2.24, 2.45) is 5.92 Å². The minimum absolute atomic E-state index is 0.289. The molecule has 2 fully saturated rings. The van der Waals surface area contributed by atoms with Crippen molar-refractivity contribution in [1.29, 1.82) is 0 Å². The van der Waals surface area contributed by atoms with Gasteiger partial charge in [-0.05, 0) is 49.6 Å². The van der Waals surface area contributed by atoms with E-state index in [2.05, 4.69) is 10.1 Å². The van der Waals surface area contributed by atoms with Crippen LogP contribution in [0.15, 0.2) is 30.5 Å². The molecule has 1 aliphatic carbocycles. The van der Waals surface area contributed by atoms with Gasteiger partial charge < -0.3 is 9.84 Å². The second-order valence-electron chi connectivity index (χ2n) is 7.66. The standard InChI is InChI=1S/C20H18F3N3O2/c1-10-4-13(20(21,22)23)6-17(27)18(10)15-3-2-11-8-26(25-19(11)24-15)16-7-14-5-12(16)9-28-14/h2-4,6,8,12,14,16,27H,5,7,9H2,1H3/t12-,14-,16+/m0/s1. The molecular weight excluding hydrogens is 371 g/mol. The van der Waals surface area contributed by atoms with Crippen molar-refractivity contribution in [3.05, 3.63) is 41.6 Å². The summed E-state index contributed by atoms with van der Waals surface area (Å²) in [5.74, 6) is 0.0174. The van der Waals surface area contributed by atoms with E-state index in [-0.39, 0.29) is 11.6 Å². The maximum absolute atomic E-state index is 13.0. The van der Waals surface area contributed by atoms with E-state index >= 15 is 0 Å². The smallest absolute Gasteiger partial charge is 0.416 e. The summed E-state index contributed by atoms with van der Waals surface area (Å²) >= 11 is 0. The molecule has 8 heteroatoms. The first kappa shape index (κ1) is 17.5. The molecule has 3 aromatic rings. The van der Waals surface area contributed by atoms with Crippen molar-refractivity contribution in [3.63, 3.8) is 0 Å². The van der Waals surface area contributed by atoms with E-state index in [1.54, 1.807) is 6.07 Å². The van der Waals surface area contributed by atoms with Crippen molar-refractivity contribution in [2.75, 3.05) is 6.61 Å². The van der Waals surface area contributed by atoms with E-state index in [1.165, 1.54) is 6.92 Å². The molecular formula is C20H18F3N3O2. The van der Waals surface area contributed by atoms with E-state index in [4.69, 9.17) is 4.74 Å². The predicted molar refractivity (Wildman–Crippen MR) is 95.9 cm³/mol. The van der Waals surface area contributed by atoms with Gasteiger partial charge in [0.15, 0.2) is 5.65 Å². The summed E-state index contributed by atoms with van der Waals surface area (Å²) in [6.45, 7) is 2.28. The van der Waals surface area contributed by atoms with Crippen LogP contribution in [0, 0.1) is 12.8 Å². The van der Waals surface area contributed by atoms with Gasteiger partial charge in [0.1, 0.15) is 5.75 Å². The first-order chi connectivity index (χ1) is 13.3. The third kappa shape index (κ3) is 2.74. The zero-order chi connectivity index (χ0) is 19.6. The molecule has 5 nitrogen and oxygen atoms in total. The summed E-state index contributed by atoms with van der Waals surface area (Å²) in [5, 5.41) is 15.7. The summed E-state index contributed by atoms with van der Waals surface area (Å²) in [4.78, 5) is 4.51. The van der Waals surface area contributed by atoms with Gasteiger partial charge >= 0.3 is 6.18 Å². The zero-order valence-corrected chi connectivity index (χ0v) is 15.1. The van der Waals surface area contributed by atoms with Crippen molar-refractivity contribution in [2.45, 2.75) is 38.1 Å². The Kier molecular flexibility index (Phi) is 3.71. The topological polar surface area (TPSA) is 60.2 Å². The molecule has 3 heterocycles. The highest BCUT2D eigenvalue weighted by atomic mass is 19.4. The van der Waals surface area contributed by atoms with Gasteiger partial charge in [-0.1, -0.05) is 0 Å². The highest BCUT2D eigenvalue weighted by Gasteiger charge is 2.42. The van der Waals surface area contributed by atoms with Crippen LogP contribution in [0.25, 0.3) is 22.3 Å². The zero-order valence-electron chi connectivity index (χ0n) is 15.1. The number of halogens is 3. The first-order valence-electron chi connectivity index (χ1n) is 9.18. The number of alkyl halides is 3. The number of rotatable bonds is 2. The van der Waals surface area contributed by atoms with Crippen molar-refractivity contribution in [3.8, 4) is 17.0 Å². The van der Waals surface area contributed by atoms with E-state index in [0.717, 1.165) is 37.0 Å². The van der Waals surface area contributed by atoms with Crippen molar-refractivity contribution >= 4 is 11.0 Å². The first-order valence-corrected chi connectivity index (χ1v) is 9.18. The molecule has 5 rings (SSSR count). The Hall–Kier alpha value is -2.61. The Morgan fingerprint density at radius 2 is 2.04 bits per heavy atom. The van der Waals surface area contributed by atoms with E-state index in [1.807, 2.05) is 16.9 Å². The summed E-state index contributed by atoms with van der Waals surface area (Å²) in [6.07, 6.45) is -0.265. The molecule has 3 atom stereocenters. The number of aromatic hydroxyl groups is 1. The molecule has 1 aliphatic heterocycles. The Morgan fingerprint density at radius 1 is 1.21 bits per heavy atom. The number of nitrogens with zero attached hydrogens (tertiary/aromatic N) is 3. The van der Waals surface area contributed by atoms with Crippen molar-refractivity contribution < 1.29 is 23.0 Å². The van der Waals surface area contributed by atoms with Gasteiger partial charge in [-0.25, -0.2) is 4.98 Å². The number of aryl methyl sites for hydroxylation is 1. The maximum atomic E-state index is 13.0. The second kappa shape index (κ2) is 5.94. The van der Waals surface area contributed by atoms with Crippen LogP contribution in [0.1, 0.15) is 30.0 Å². The monoisotopic (exact) mass is 389 g/mol. The van der Waals surface area contributed by atoms with Crippen LogP contribution >= 0.6 is 0 Å². The Labute approximate surface area is 158 Å². The lowest BCUT2D eigenvalue weighted by Gasteiger charge is -2.21. The second-order valence-corrected chi connectivity index (χ2v) is 7.66. The third-order valence-corrected chi connectivity index (χ3v) is 5.79. The largest absolute Gasteiger partial charge is 0.507 e. The molecule has 0 spiro atoms. The number of ether oxygens (including phenoxy) is 1. The highest BCUT2D eigenvalue weighted by molar-refractivity contribution is 5.80. The molecule has 2 aliphatic rings. The minimum atomic E-state index is -4.51. The average Bonchev–Trinajstić information content (AvgIpc) is 3.34. The number of pyridine rings is 1.